The summed E-state index contributed by atoms with van der Waals surface area (Å²) in [4.78, 5) is 23.2. The molecule has 6 heteroatoms. The van der Waals surface area contributed by atoms with Gasteiger partial charge in [-0.05, 0) is 18.6 Å². The largest absolute Gasteiger partial charge is 0.349 e. The molecule has 2 heterocycles. The third-order valence-electron chi connectivity index (χ3n) is 3.04. The minimum atomic E-state index is -0.174. The van der Waals surface area contributed by atoms with Gasteiger partial charge >= 0.3 is 0 Å². The van der Waals surface area contributed by atoms with Crippen LogP contribution < -0.4 is 5.32 Å². The number of rotatable bonds is 5. The van der Waals surface area contributed by atoms with Crippen LogP contribution in [0.2, 0.25) is 0 Å². The van der Waals surface area contributed by atoms with Gasteiger partial charge in [-0.25, -0.2) is 9.97 Å². The molecule has 1 aromatic carbocycles. The minimum Gasteiger partial charge on any atom is -0.349 e. The first-order valence-corrected chi connectivity index (χ1v) is 6.51. The molecule has 2 N–H and O–H groups in total. The molecule has 0 unspecified atom stereocenters. The van der Waals surface area contributed by atoms with Gasteiger partial charge in [0.05, 0.1) is 17.4 Å². The Morgan fingerprint density at radius 3 is 3.05 bits per heavy atom. The average Bonchev–Trinajstić information content (AvgIpc) is 3.12. The van der Waals surface area contributed by atoms with E-state index in [1.54, 1.807) is 12.5 Å². The van der Waals surface area contributed by atoms with E-state index in [9.17, 15) is 4.79 Å². The molecular weight excluding hydrogens is 254 g/mol. The number of nitrogens with one attached hydrogen (secondary N) is 2. The summed E-state index contributed by atoms with van der Waals surface area (Å²) < 4.78 is 1.98. The van der Waals surface area contributed by atoms with Crippen molar-refractivity contribution in [2.24, 2.45) is 0 Å². The van der Waals surface area contributed by atoms with Crippen LogP contribution in [-0.2, 0) is 6.54 Å². The van der Waals surface area contributed by atoms with Crippen molar-refractivity contribution in [3.05, 3.63) is 48.8 Å². The minimum absolute atomic E-state index is 0.174. The van der Waals surface area contributed by atoms with Crippen LogP contribution >= 0.6 is 0 Å². The van der Waals surface area contributed by atoms with Crippen molar-refractivity contribution in [3.8, 4) is 0 Å². The van der Waals surface area contributed by atoms with Gasteiger partial charge in [-0.15, -0.1) is 0 Å². The molecule has 20 heavy (non-hydrogen) atoms. The lowest BCUT2D eigenvalue weighted by Gasteiger charge is -2.03. The number of carbonyl (C=O) groups is 1. The Labute approximate surface area is 115 Å². The van der Waals surface area contributed by atoms with Crippen molar-refractivity contribution in [3.63, 3.8) is 0 Å². The van der Waals surface area contributed by atoms with Crippen molar-refractivity contribution >= 4 is 16.9 Å². The van der Waals surface area contributed by atoms with Crippen LogP contribution in [0.25, 0.3) is 11.0 Å². The Bertz CT molecular complexity index is 668. The summed E-state index contributed by atoms with van der Waals surface area (Å²) in [5.74, 6) is 0.181. The van der Waals surface area contributed by atoms with E-state index in [0.717, 1.165) is 24.0 Å². The zero-order valence-electron chi connectivity index (χ0n) is 10.9. The molecule has 102 valence electrons. The smallest absolute Gasteiger partial charge is 0.287 e. The molecule has 0 fully saturated rings. The summed E-state index contributed by atoms with van der Waals surface area (Å²) in [6, 6.07) is 7.59. The molecule has 6 nitrogen and oxygen atoms in total. The van der Waals surface area contributed by atoms with Gasteiger partial charge in [0.25, 0.3) is 5.91 Å². The molecular formula is C14H15N5O. The molecule has 0 spiro atoms. The molecule has 0 aliphatic carbocycles. The van der Waals surface area contributed by atoms with Crippen LogP contribution in [0.4, 0.5) is 0 Å². The predicted octanol–water partition coefficient (Wildman–Crippen LogP) is 1.58. The Hall–Kier alpha value is -2.63. The number of hydrogen-bond acceptors (Lipinski definition) is 3. The average molecular weight is 269 g/mol. The van der Waals surface area contributed by atoms with Crippen LogP contribution in [0.5, 0.6) is 0 Å². The Balaban J connectivity index is 1.53. The summed E-state index contributed by atoms with van der Waals surface area (Å²) in [6.45, 7) is 1.44. The molecule has 0 saturated heterocycles. The number of fused-ring (bicyclic) bond motifs is 1. The number of aromatic nitrogens is 4. The van der Waals surface area contributed by atoms with Gasteiger partial charge in [0.15, 0.2) is 5.82 Å². The molecule has 0 aliphatic rings. The Morgan fingerprint density at radius 2 is 2.25 bits per heavy atom. The van der Waals surface area contributed by atoms with Gasteiger partial charge in [-0.3, -0.25) is 4.79 Å². The Kier molecular flexibility index (Phi) is 3.45. The lowest BCUT2D eigenvalue weighted by Crippen LogP contribution is -2.26. The van der Waals surface area contributed by atoms with Crippen LogP contribution in [0.15, 0.2) is 43.0 Å². The number of nitrogens with zero attached hydrogens (tertiary/aromatic N) is 3. The van der Waals surface area contributed by atoms with Crippen LogP contribution in [0, 0.1) is 0 Å². The second-order valence-electron chi connectivity index (χ2n) is 4.51. The fraction of sp³-hybridized carbons (Fsp3) is 0.214. The van der Waals surface area contributed by atoms with Gasteiger partial charge in [-0.2, -0.15) is 0 Å². The number of benzene rings is 1. The quantitative estimate of drug-likeness (QED) is 0.690. The summed E-state index contributed by atoms with van der Waals surface area (Å²) >= 11 is 0. The third-order valence-corrected chi connectivity index (χ3v) is 3.04. The van der Waals surface area contributed by atoms with Crippen molar-refractivity contribution < 1.29 is 4.79 Å². The van der Waals surface area contributed by atoms with Gasteiger partial charge < -0.3 is 14.9 Å². The first kappa shape index (κ1) is 12.4. The monoisotopic (exact) mass is 269 g/mol. The standard InChI is InChI=1S/C14H15N5O/c20-14(16-6-3-8-19-9-7-15-10-19)13-17-11-4-1-2-5-12(11)18-13/h1-2,4-5,7,9-10H,3,6,8H2,(H,16,20)(H,17,18). The number of aromatic amines is 1. The van der Waals surface area contributed by atoms with Gasteiger partial charge in [0.2, 0.25) is 0 Å². The number of carbonyl (C=O) groups excluding carboxylic acids is 1. The molecule has 0 saturated carbocycles. The van der Waals surface area contributed by atoms with E-state index in [1.807, 2.05) is 35.0 Å². The first-order valence-electron chi connectivity index (χ1n) is 6.51. The highest BCUT2D eigenvalue weighted by Gasteiger charge is 2.10. The highest BCUT2D eigenvalue weighted by atomic mass is 16.2. The van der Waals surface area contributed by atoms with Gasteiger partial charge in [0.1, 0.15) is 0 Å². The number of hydrogen-bond donors (Lipinski definition) is 2. The summed E-state index contributed by atoms with van der Waals surface area (Å²) in [7, 11) is 0. The van der Waals surface area contributed by atoms with Crippen LogP contribution in [0.3, 0.4) is 0 Å². The first-order chi connectivity index (χ1) is 9.83. The maximum absolute atomic E-state index is 12.0. The highest BCUT2D eigenvalue weighted by molar-refractivity contribution is 5.94. The summed E-state index contributed by atoms with van der Waals surface area (Å²) in [5, 5.41) is 2.86. The molecule has 3 aromatic rings. The lowest BCUT2D eigenvalue weighted by molar-refractivity contribution is 0.0943. The second-order valence-corrected chi connectivity index (χ2v) is 4.51. The molecule has 1 amide bonds. The van der Waals surface area contributed by atoms with E-state index in [4.69, 9.17) is 0 Å². The fourth-order valence-electron chi connectivity index (χ4n) is 2.03. The van der Waals surface area contributed by atoms with Crippen molar-refractivity contribution in [2.75, 3.05) is 6.54 Å². The summed E-state index contributed by atoms with van der Waals surface area (Å²) in [6.07, 6.45) is 6.26. The topological polar surface area (TPSA) is 75.6 Å². The Morgan fingerprint density at radius 1 is 1.35 bits per heavy atom. The van der Waals surface area contributed by atoms with E-state index in [0.29, 0.717) is 12.4 Å². The molecule has 0 atom stereocenters. The van der Waals surface area contributed by atoms with Gasteiger partial charge in [-0.1, -0.05) is 12.1 Å². The molecule has 3 rings (SSSR count). The van der Waals surface area contributed by atoms with Crippen molar-refractivity contribution in [1.82, 2.24) is 24.8 Å². The number of aryl methyl sites for hydroxylation is 1. The predicted molar refractivity (Wildman–Crippen MR) is 75.3 cm³/mol. The van der Waals surface area contributed by atoms with Crippen LogP contribution in [-0.4, -0.2) is 32.0 Å². The maximum atomic E-state index is 12.0. The van der Waals surface area contributed by atoms with E-state index in [2.05, 4.69) is 20.3 Å². The zero-order chi connectivity index (χ0) is 13.8. The highest BCUT2D eigenvalue weighted by Crippen LogP contribution is 2.09. The summed E-state index contributed by atoms with van der Waals surface area (Å²) in [5.41, 5.74) is 1.67. The van der Waals surface area contributed by atoms with E-state index in [1.165, 1.54) is 0 Å². The normalized spacial score (nSPS) is 10.8. The zero-order valence-corrected chi connectivity index (χ0v) is 10.9. The number of para-hydroxylation sites is 2. The van der Waals surface area contributed by atoms with E-state index >= 15 is 0 Å². The molecule has 2 aromatic heterocycles. The van der Waals surface area contributed by atoms with E-state index < -0.39 is 0 Å². The van der Waals surface area contributed by atoms with Crippen LogP contribution in [0.1, 0.15) is 17.0 Å². The maximum Gasteiger partial charge on any atom is 0.287 e. The number of amides is 1. The van der Waals surface area contributed by atoms with Crippen molar-refractivity contribution in [1.29, 1.82) is 0 Å². The lowest BCUT2D eigenvalue weighted by atomic mass is 10.3. The number of H-pyrrole nitrogens is 1. The molecule has 0 radical (unpaired) electrons. The second kappa shape index (κ2) is 5.56. The molecule has 0 aliphatic heterocycles. The fourth-order valence-corrected chi connectivity index (χ4v) is 2.03. The van der Waals surface area contributed by atoms with E-state index in [-0.39, 0.29) is 5.91 Å². The number of imidazole rings is 2. The van der Waals surface area contributed by atoms with Gasteiger partial charge in [0, 0.05) is 25.5 Å². The van der Waals surface area contributed by atoms with Crippen molar-refractivity contribution in [2.45, 2.75) is 13.0 Å². The molecule has 0 bridgehead atoms. The SMILES string of the molecule is O=C(NCCCn1ccnc1)c1nc2ccccc2[nH]1. The third kappa shape index (κ3) is 2.69.